The normalized spacial score (nSPS) is 15.7. The van der Waals surface area contributed by atoms with E-state index in [0.717, 1.165) is 0 Å². The van der Waals surface area contributed by atoms with E-state index in [9.17, 15) is 14.4 Å². The lowest BCUT2D eigenvalue weighted by Gasteiger charge is -2.32. The maximum absolute atomic E-state index is 12.5. The lowest BCUT2D eigenvalue weighted by Crippen LogP contribution is -2.46. The maximum atomic E-state index is 12.5. The number of methoxy groups -OCH3 is 1. The van der Waals surface area contributed by atoms with Crippen LogP contribution in [0.15, 0.2) is 18.2 Å². The molecule has 1 heterocycles. The fourth-order valence-corrected chi connectivity index (χ4v) is 3.14. The summed E-state index contributed by atoms with van der Waals surface area (Å²) in [6, 6.07) is 5.02. The highest BCUT2D eigenvalue weighted by Crippen LogP contribution is 2.28. The van der Waals surface area contributed by atoms with Gasteiger partial charge in [-0.2, -0.15) is 0 Å². The van der Waals surface area contributed by atoms with Gasteiger partial charge in [-0.25, -0.2) is 0 Å². The van der Waals surface area contributed by atoms with Gasteiger partial charge in [-0.1, -0.05) is 13.8 Å². The number of nitrogens with zero attached hydrogens (tertiary/aromatic N) is 1. The molecule has 1 saturated heterocycles. The summed E-state index contributed by atoms with van der Waals surface area (Å²) in [4.78, 5) is 38.1. The van der Waals surface area contributed by atoms with Crippen molar-refractivity contribution in [2.75, 3.05) is 26.8 Å². The number of ether oxygens (including phenoxy) is 2. The van der Waals surface area contributed by atoms with Crippen molar-refractivity contribution in [3.63, 3.8) is 0 Å². The zero-order valence-corrected chi connectivity index (χ0v) is 18.0. The van der Waals surface area contributed by atoms with Crippen LogP contribution in [-0.4, -0.2) is 55.3 Å². The average Bonchev–Trinajstić information content (AvgIpc) is 2.71. The summed E-state index contributed by atoms with van der Waals surface area (Å²) in [7, 11) is 1.49. The first-order chi connectivity index (χ1) is 13.7. The Hall–Kier alpha value is -2.57. The molecule has 0 saturated carbocycles. The standard InChI is InChI=1S/C22H32N2O5/c1-14(2)15(3)23-22(27)17-8-10-24(11-9-17)21(26)13-29-19-7-6-18(16(4)25)12-20(19)28-5/h6-7,12,14-15,17H,8-11,13H2,1-5H3,(H,23,27). The molecule has 0 bridgehead atoms. The predicted molar refractivity (Wildman–Crippen MR) is 110 cm³/mol. The van der Waals surface area contributed by atoms with Crippen molar-refractivity contribution >= 4 is 17.6 Å². The van der Waals surface area contributed by atoms with Crippen LogP contribution in [0.3, 0.4) is 0 Å². The highest BCUT2D eigenvalue weighted by molar-refractivity contribution is 5.94. The summed E-state index contributed by atoms with van der Waals surface area (Å²) in [5.74, 6) is 1.05. The third kappa shape index (κ3) is 6.21. The fourth-order valence-electron chi connectivity index (χ4n) is 3.14. The van der Waals surface area contributed by atoms with Crippen molar-refractivity contribution in [3.05, 3.63) is 23.8 Å². The van der Waals surface area contributed by atoms with E-state index in [-0.39, 0.29) is 36.2 Å². The van der Waals surface area contributed by atoms with Gasteiger partial charge in [0.25, 0.3) is 5.91 Å². The Balaban J connectivity index is 1.84. The molecule has 7 nitrogen and oxygen atoms in total. The second-order valence-electron chi connectivity index (χ2n) is 7.91. The number of carbonyl (C=O) groups excluding carboxylic acids is 3. The number of ketones is 1. The number of rotatable bonds is 8. The van der Waals surface area contributed by atoms with Gasteiger partial charge in [0, 0.05) is 30.6 Å². The third-order valence-corrected chi connectivity index (χ3v) is 5.51. The molecular formula is C22H32N2O5. The van der Waals surface area contributed by atoms with Crippen LogP contribution in [0.1, 0.15) is 50.9 Å². The number of hydrogen-bond donors (Lipinski definition) is 1. The number of carbonyl (C=O) groups is 3. The number of hydrogen-bond acceptors (Lipinski definition) is 5. The Bertz CT molecular complexity index is 739. The highest BCUT2D eigenvalue weighted by Gasteiger charge is 2.28. The van der Waals surface area contributed by atoms with Gasteiger partial charge >= 0.3 is 0 Å². The zero-order valence-electron chi connectivity index (χ0n) is 18.0. The molecule has 1 atom stereocenters. The van der Waals surface area contributed by atoms with Crippen LogP contribution in [0, 0.1) is 11.8 Å². The minimum absolute atomic E-state index is 0.0552. The van der Waals surface area contributed by atoms with Crippen LogP contribution in [0.2, 0.25) is 0 Å². The lowest BCUT2D eigenvalue weighted by atomic mass is 9.95. The summed E-state index contributed by atoms with van der Waals surface area (Å²) in [6.45, 7) is 8.61. The van der Waals surface area contributed by atoms with Gasteiger partial charge in [0.2, 0.25) is 5.91 Å². The topological polar surface area (TPSA) is 84.9 Å². The molecule has 1 aromatic carbocycles. The average molecular weight is 405 g/mol. The molecule has 0 radical (unpaired) electrons. The quantitative estimate of drug-likeness (QED) is 0.674. The number of likely N-dealkylation sites (tertiary alicyclic amines) is 1. The molecule has 29 heavy (non-hydrogen) atoms. The Kier molecular flexibility index (Phi) is 8.05. The van der Waals surface area contributed by atoms with Crippen molar-refractivity contribution in [3.8, 4) is 11.5 Å². The van der Waals surface area contributed by atoms with Crippen LogP contribution in [-0.2, 0) is 9.59 Å². The summed E-state index contributed by atoms with van der Waals surface area (Å²) in [6.07, 6.45) is 1.30. The van der Waals surface area contributed by atoms with E-state index >= 15 is 0 Å². The highest BCUT2D eigenvalue weighted by atomic mass is 16.5. The van der Waals surface area contributed by atoms with Gasteiger partial charge in [-0.05, 0) is 50.8 Å². The summed E-state index contributed by atoms with van der Waals surface area (Å²) in [5.41, 5.74) is 0.521. The molecular weight excluding hydrogens is 372 g/mol. The van der Waals surface area contributed by atoms with Crippen molar-refractivity contribution in [2.45, 2.75) is 46.6 Å². The predicted octanol–water partition coefficient (Wildman–Crippen LogP) is 2.68. The number of benzene rings is 1. The van der Waals surface area contributed by atoms with E-state index < -0.39 is 0 Å². The van der Waals surface area contributed by atoms with Gasteiger partial charge in [-0.15, -0.1) is 0 Å². The lowest BCUT2D eigenvalue weighted by molar-refractivity contribution is -0.137. The fraction of sp³-hybridized carbons (Fsp3) is 0.591. The molecule has 1 fully saturated rings. The molecule has 7 heteroatoms. The SMILES string of the molecule is COc1cc(C(C)=O)ccc1OCC(=O)N1CCC(C(=O)NC(C)C(C)C)CC1. The first-order valence-corrected chi connectivity index (χ1v) is 10.1. The van der Waals surface area contributed by atoms with Crippen molar-refractivity contribution in [2.24, 2.45) is 11.8 Å². The molecule has 1 aromatic rings. The molecule has 2 rings (SSSR count). The maximum Gasteiger partial charge on any atom is 0.260 e. The van der Waals surface area contributed by atoms with Gasteiger partial charge < -0.3 is 19.7 Å². The molecule has 0 aromatic heterocycles. The Morgan fingerprint density at radius 3 is 2.34 bits per heavy atom. The van der Waals surface area contributed by atoms with E-state index in [1.165, 1.54) is 14.0 Å². The second-order valence-corrected chi connectivity index (χ2v) is 7.91. The summed E-state index contributed by atoms with van der Waals surface area (Å²) < 4.78 is 10.9. The molecule has 0 aliphatic carbocycles. The molecule has 1 unspecified atom stereocenters. The Labute approximate surface area is 172 Å². The number of amides is 2. The van der Waals surface area contributed by atoms with Crippen LogP contribution in [0.25, 0.3) is 0 Å². The zero-order chi connectivity index (χ0) is 21.6. The molecule has 2 amide bonds. The van der Waals surface area contributed by atoms with Gasteiger partial charge in [0.05, 0.1) is 7.11 Å². The summed E-state index contributed by atoms with van der Waals surface area (Å²) >= 11 is 0. The molecule has 1 N–H and O–H groups in total. The van der Waals surface area contributed by atoms with Gasteiger partial charge in [-0.3, -0.25) is 14.4 Å². The number of Topliss-reactive ketones (excluding diaryl/α,β-unsaturated/α-hetero) is 1. The summed E-state index contributed by atoms with van der Waals surface area (Å²) in [5, 5.41) is 3.06. The van der Waals surface area contributed by atoms with E-state index in [1.54, 1.807) is 23.1 Å². The monoisotopic (exact) mass is 404 g/mol. The minimum atomic E-state index is -0.128. The smallest absolute Gasteiger partial charge is 0.260 e. The first kappa shape index (κ1) is 22.7. The van der Waals surface area contributed by atoms with E-state index in [0.29, 0.717) is 48.9 Å². The largest absolute Gasteiger partial charge is 0.493 e. The van der Waals surface area contributed by atoms with Crippen molar-refractivity contribution in [1.29, 1.82) is 0 Å². The van der Waals surface area contributed by atoms with Gasteiger partial charge in [0.1, 0.15) is 0 Å². The Morgan fingerprint density at radius 1 is 1.14 bits per heavy atom. The van der Waals surface area contributed by atoms with Gasteiger partial charge in [0.15, 0.2) is 23.9 Å². The number of nitrogens with one attached hydrogen (secondary N) is 1. The van der Waals surface area contributed by atoms with Crippen molar-refractivity contribution in [1.82, 2.24) is 10.2 Å². The first-order valence-electron chi connectivity index (χ1n) is 10.1. The number of piperidine rings is 1. The molecule has 160 valence electrons. The van der Waals surface area contributed by atoms with Crippen LogP contribution >= 0.6 is 0 Å². The second kappa shape index (κ2) is 10.3. The minimum Gasteiger partial charge on any atom is -0.493 e. The Morgan fingerprint density at radius 2 is 1.79 bits per heavy atom. The van der Waals surface area contributed by atoms with E-state index in [2.05, 4.69) is 19.2 Å². The van der Waals surface area contributed by atoms with E-state index in [1.807, 2.05) is 6.92 Å². The van der Waals surface area contributed by atoms with Crippen LogP contribution in [0.5, 0.6) is 11.5 Å². The van der Waals surface area contributed by atoms with Crippen LogP contribution in [0.4, 0.5) is 0 Å². The molecule has 0 spiro atoms. The molecule has 1 aliphatic rings. The van der Waals surface area contributed by atoms with Crippen LogP contribution < -0.4 is 14.8 Å². The van der Waals surface area contributed by atoms with Crippen molar-refractivity contribution < 1.29 is 23.9 Å². The van der Waals surface area contributed by atoms with E-state index in [4.69, 9.17) is 9.47 Å². The third-order valence-electron chi connectivity index (χ3n) is 5.51. The molecule has 1 aliphatic heterocycles.